The molecule has 0 aliphatic heterocycles. The topological polar surface area (TPSA) is 118 Å². The van der Waals surface area contributed by atoms with Gasteiger partial charge in [0.15, 0.2) is 19.9 Å². The quantitative estimate of drug-likeness (QED) is 0.620. The zero-order valence-electron chi connectivity index (χ0n) is 17.8. The van der Waals surface area contributed by atoms with Crippen molar-refractivity contribution in [2.45, 2.75) is 75.0 Å². The summed E-state index contributed by atoms with van der Waals surface area (Å²) in [5.41, 5.74) is 3.45. The highest BCUT2D eigenvalue weighted by Gasteiger charge is 2.31. The molecule has 0 spiro atoms. The van der Waals surface area contributed by atoms with Gasteiger partial charge in [0, 0.05) is 22.2 Å². The van der Waals surface area contributed by atoms with E-state index in [1.54, 1.807) is 0 Å². The van der Waals surface area contributed by atoms with Gasteiger partial charge in [0.1, 0.15) is 0 Å². The molecule has 0 saturated carbocycles. The Morgan fingerprint density at radius 3 is 2.81 bits per heavy atom. The summed E-state index contributed by atoms with van der Waals surface area (Å²) in [5.74, 6) is -0.477. The van der Waals surface area contributed by atoms with Crippen LogP contribution in [0.15, 0.2) is 14.6 Å². The first-order valence-electron chi connectivity index (χ1n) is 10.4. The second-order valence-electron chi connectivity index (χ2n) is 8.67. The molecule has 2 aliphatic rings. The molecule has 4 N–H and O–H groups in total. The summed E-state index contributed by atoms with van der Waals surface area (Å²) in [6.07, 6.45) is 5.43. The van der Waals surface area contributed by atoms with Crippen molar-refractivity contribution in [2.24, 2.45) is 9.50 Å². The Morgan fingerprint density at radius 1 is 1.42 bits per heavy atom. The fraction of sp³-hybridized carbons (Fsp3) is 0.524. The van der Waals surface area contributed by atoms with Crippen molar-refractivity contribution in [3.63, 3.8) is 0 Å². The average molecular weight is 467 g/mol. The fourth-order valence-corrected chi connectivity index (χ4v) is 6.73. The number of carbonyl (C=O) groups excluding carboxylic acids is 1. The van der Waals surface area contributed by atoms with Crippen LogP contribution in [0.3, 0.4) is 0 Å². The van der Waals surface area contributed by atoms with Gasteiger partial charge in [-0.15, -0.1) is 15.7 Å². The van der Waals surface area contributed by atoms with Crippen LogP contribution in [0.5, 0.6) is 0 Å². The Morgan fingerprint density at radius 2 is 2.16 bits per heavy atom. The number of aryl methyl sites for hydroxylation is 1. The van der Waals surface area contributed by atoms with Crippen LogP contribution < -0.4 is 10.5 Å². The molecule has 2 aromatic rings. The van der Waals surface area contributed by atoms with E-state index >= 15 is 0 Å². The lowest BCUT2D eigenvalue weighted by atomic mass is 10.0. The van der Waals surface area contributed by atoms with E-state index in [0.29, 0.717) is 11.6 Å². The highest BCUT2D eigenvalue weighted by atomic mass is 32.2. The Bertz CT molecular complexity index is 1180. The predicted octanol–water partition coefficient (Wildman–Crippen LogP) is 4.37. The second kappa shape index (κ2) is 7.91. The van der Waals surface area contributed by atoms with E-state index in [4.69, 9.17) is 10.1 Å². The van der Waals surface area contributed by atoms with Crippen LogP contribution in [0.25, 0.3) is 0 Å². The number of rotatable bonds is 4. The van der Waals surface area contributed by atoms with Crippen molar-refractivity contribution in [1.29, 1.82) is 0 Å². The summed E-state index contributed by atoms with van der Waals surface area (Å²) in [6.45, 7) is 5.10. The highest BCUT2D eigenvalue weighted by Crippen LogP contribution is 2.42. The van der Waals surface area contributed by atoms with Gasteiger partial charge >= 0.3 is 6.03 Å². The van der Waals surface area contributed by atoms with Gasteiger partial charge in [0.05, 0.1) is 11.3 Å². The van der Waals surface area contributed by atoms with Gasteiger partial charge in [-0.1, -0.05) is 6.92 Å². The first-order chi connectivity index (χ1) is 14.5. The molecular formula is C21H27FN4O3S2. The largest absolute Gasteiger partial charge is 0.385 e. The predicted molar refractivity (Wildman–Crippen MR) is 119 cm³/mol. The van der Waals surface area contributed by atoms with E-state index in [9.17, 15) is 18.5 Å². The number of anilines is 1. The van der Waals surface area contributed by atoms with Crippen LogP contribution >= 0.6 is 11.3 Å². The van der Waals surface area contributed by atoms with E-state index in [2.05, 4.69) is 16.6 Å². The third kappa shape index (κ3) is 4.13. The minimum Gasteiger partial charge on any atom is -0.385 e. The lowest BCUT2D eigenvalue weighted by Crippen LogP contribution is -2.19. The van der Waals surface area contributed by atoms with Crippen molar-refractivity contribution in [3.8, 4) is 0 Å². The van der Waals surface area contributed by atoms with Gasteiger partial charge in [-0.05, 0) is 69.6 Å². The average Bonchev–Trinajstić information content (AvgIpc) is 3.38. The maximum atomic E-state index is 14.4. The molecular weight excluding hydrogens is 439 g/mol. The number of halogens is 1. The third-order valence-electron chi connectivity index (χ3n) is 5.95. The molecule has 2 aliphatic carbocycles. The van der Waals surface area contributed by atoms with Crippen LogP contribution in [0, 0.1) is 5.82 Å². The van der Waals surface area contributed by atoms with E-state index in [-0.39, 0.29) is 9.09 Å². The molecule has 0 bridgehead atoms. The number of nitrogens with zero attached hydrogens (tertiary/aromatic N) is 2. The molecule has 2 atom stereocenters. The molecule has 2 amide bonds. The van der Waals surface area contributed by atoms with E-state index < -0.39 is 27.4 Å². The number of hydrogen-bond donors (Lipinski definition) is 3. The van der Waals surface area contributed by atoms with Gasteiger partial charge in [0.25, 0.3) is 0 Å². The molecule has 31 heavy (non-hydrogen) atoms. The number of aromatic nitrogens is 1. The maximum absolute atomic E-state index is 14.4. The third-order valence-corrected chi connectivity index (χ3v) is 9.30. The standard InChI is InChI=1S/C21H27FN4O3S2/c1-4-11-8-9-13-17(11)24-15-7-5-6-12(15)18(13)25-20(27)26-31(23,29)19-14(22)10-16(30-19)21(2,3)28/h10-11,28H,4-9H2,1-3H3,(H3,23,24,25,26,27,29)/t11?,31-/m1/s1. The SMILES string of the molecule is CCC1CCc2c1nc1c(c2NC(=O)N=[S@@](N)(=O)c2sc(C(C)(C)O)cc2F)CCC1. The molecule has 0 fully saturated rings. The molecule has 2 aromatic heterocycles. The van der Waals surface area contributed by atoms with Crippen molar-refractivity contribution in [2.75, 3.05) is 5.32 Å². The first kappa shape index (κ1) is 22.3. The monoisotopic (exact) mass is 466 g/mol. The number of thiophene rings is 1. The van der Waals surface area contributed by atoms with Crippen LogP contribution in [0.4, 0.5) is 14.9 Å². The number of carbonyl (C=O) groups is 1. The number of pyridine rings is 1. The number of fused-ring (bicyclic) bond motifs is 2. The van der Waals surface area contributed by atoms with Gasteiger partial charge in [-0.3, -0.25) is 4.98 Å². The van der Waals surface area contributed by atoms with Gasteiger partial charge in [-0.2, -0.15) is 0 Å². The van der Waals surface area contributed by atoms with Crippen LogP contribution in [-0.2, 0) is 34.8 Å². The van der Waals surface area contributed by atoms with Crippen molar-refractivity contribution < 1.29 is 18.5 Å². The summed E-state index contributed by atoms with van der Waals surface area (Å²) in [4.78, 5) is 17.9. The Labute approximate surface area is 185 Å². The number of urea groups is 1. The van der Waals surface area contributed by atoms with Crippen LogP contribution in [0.2, 0.25) is 0 Å². The summed E-state index contributed by atoms with van der Waals surface area (Å²) in [7, 11) is -3.81. The minimum absolute atomic E-state index is 0.254. The molecule has 1 unspecified atom stereocenters. The normalized spacial score (nSPS) is 19.6. The second-order valence-corrected chi connectivity index (χ2v) is 11.7. The van der Waals surface area contributed by atoms with Crippen LogP contribution in [-0.4, -0.2) is 20.3 Å². The molecule has 0 aromatic carbocycles. The number of nitrogens with one attached hydrogen (secondary N) is 1. The lowest BCUT2D eigenvalue weighted by Gasteiger charge is -2.16. The lowest BCUT2D eigenvalue weighted by molar-refractivity contribution is 0.0823. The molecule has 4 rings (SSSR count). The molecule has 0 saturated heterocycles. The van der Waals surface area contributed by atoms with Gasteiger partial charge < -0.3 is 10.4 Å². The van der Waals surface area contributed by atoms with E-state index in [1.807, 2.05) is 0 Å². The van der Waals surface area contributed by atoms with Crippen LogP contribution in [0.1, 0.15) is 73.3 Å². The number of amides is 2. The van der Waals surface area contributed by atoms with Crippen molar-refractivity contribution >= 4 is 33.0 Å². The number of hydrogen-bond acceptors (Lipinski definition) is 5. The van der Waals surface area contributed by atoms with Gasteiger partial charge in [0.2, 0.25) is 0 Å². The molecule has 168 valence electrons. The summed E-state index contributed by atoms with van der Waals surface area (Å²) in [6, 6.07) is 0.209. The zero-order chi connectivity index (χ0) is 22.6. The summed E-state index contributed by atoms with van der Waals surface area (Å²) >= 11 is 0.756. The molecule has 0 radical (unpaired) electrons. The Kier molecular flexibility index (Phi) is 5.70. The van der Waals surface area contributed by atoms with E-state index in [1.165, 1.54) is 13.8 Å². The Balaban J connectivity index is 1.69. The summed E-state index contributed by atoms with van der Waals surface area (Å²) in [5, 5.41) is 18.7. The van der Waals surface area contributed by atoms with Crippen molar-refractivity contribution in [1.82, 2.24) is 4.98 Å². The fourth-order valence-electron chi connectivity index (χ4n) is 4.39. The minimum atomic E-state index is -3.81. The molecule has 2 heterocycles. The van der Waals surface area contributed by atoms with E-state index in [0.717, 1.165) is 78.4 Å². The highest BCUT2D eigenvalue weighted by molar-refractivity contribution is 7.93. The maximum Gasteiger partial charge on any atom is 0.354 e. The van der Waals surface area contributed by atoms with Crippen molar-refractivity contribution in [3.05, 3.63) is 39.3 Å². The first-order valence-corrected chi connectivity index (χ1v) is 12.8. The Hall–Kier alpha value is -1.88. The van der Waals surface area contributed by atoms with Gasteiger partial charge in [-0.25, -0.2) is 18.5 Å². The molecule has 10 heteroatoms. The zero-order valence-corrected chi connectivity index (χ0v) is 19.5. The summed E-state index contributed by atoms with van der Waals surface area (Å²) < 4.78 is 30.6. The number of nitrogens with two attached hydrogens (primary N) is 1. The smallest absolute Gasteiger partial charge is 0.354 e. The molecule has 7 nitrogen and oxygen atoms in total. The number of aliphatic hydroxyl groups is 1.